The summed E-state index contributed by atoms with van der Waals surface area (Å²) in [5.74, 6) is 0.533. The summed E-state index contributed by atoms with van der Waals surface area (Å²) < 4.78 is 2.15. The number of carbonyl (C=O) groups excluding carboxylic acids is 1. The van der Waals surface area contributed by atoms with Crippen LogP contribution in [0.15, 0.2) is 42.9 Å². The van der Waals surface area contributed by atoms with Crippen LogP contribution < -0.4 is 0 Å². The number of hydrogen-bond donors (Lipinski definition) is 0. The van der Waals surface area contributed by atoms with Crippen molar-refractivity contribution in [2.24, 2.45) is 0 Å². The molecule has 3 aromatic rings. The van der Waals surface area contributed by atoms with Crippen molar-refractivity contribution < 1.29 is 4.79 Å². The number of nitrogens with zero attached hydrogens (tertiary/aromatic N) is 4. The zero-order chi connectivity index (χ0) is 18.1. The molecule has 5 heteroatoms. The third-order valence-corrected chi connectivity index (χ3v) is 5.33. The van der Waals surface area contributed by atoms with E-state index < -0.39 is 0 Å². The Morgan fingerprint density at radius 3 is 2.69 bits per heavy atom. The van der Waals surface area contributed by atoms with Gasteiger partial charge < -0.3 is 9.47 Å². The Bertz CT molecular complexity index is 938. The van der Waals surface area contributed by atoms with Gasteiger partial charge in [-0.1, -0.05) is 18.2 Å². The lowest BCUT2D eigenvalue weighted by atomic mass is 9.93. The van der Waals surface area contributed by atoms with Crippen molar-refractivity contribution in [3.63, 3.8) is 0 Å². The van der Waals surface area contributed by atoms with E-state index in [9.17, 15) is 4.79 Å². The first-order valence-electron chi connectivity index (χ1n) is 9.33. The molecule has 0 atom stereocenters. The lowest BCUT2D eigenvalue weighted by Gasteiger charge is -2.31. The highest BCUT2D eigenvalue weighted by Gasteiger charge is 2.27. The molecular formula is C21H24N4O. The van der Waals surface area contributed by atoms with E-state index in [0.29, 0.717) is 5.92 Å². The van der Waals surface area contributed by atoms with Crippen molar-refractivity contribution in [3.05, 3.63) is 59.8 Å². The van der Waals surface area contributed by atoms with Crippen LogP contribution in [0.4, 0.5) is 0 Å². The molecule has 0 radical (unpaired) electrons. The van der Waals surface area contributed by atoms with E-state index in [0.717, 1.165) is 60.3 Å². The number of aryl methyl sites for hydroxylation is 2. The van der Waals surface area contributed by atoms with Gasteiger partial charge in [0.1, 0.15) is 0 Å². The maximum absolute atomic E-state index is 13.1. The van der Waals surface area contributed by atoms with Gasteiger partial charge in [-0.2, -0.15) is 0 Å². The Morgan fingerprint density at radius 1 is 1.19 bits per heavy atom. The van der Waals surface area contributed by atoms with Crippen LogP contribution in [0, 0.1) is 6.92 Å². The number of fused-ring (bicyclic) bond motifs is 1. The smallest absolute Gasteiger partial charge is 0.256 e. The molecule has 0 saturated carbocycles. The van der Waals surface area contributed by atoms with Gasteiger partial charge in [0.15, 0.2) is 0 Å². The molecule has 0 aliphatic carbocycles. The monoisotopic (exact) mass is 348 g/mol. The van der Waals surface area contributed by atoms with Crippen LogP contribution in [-0.2, 0) is 6.54 Å². The number of carbonyl (C=O) groups is 1. The average molecular weight is 348 g/mol. The molecule has 0 bridgehead atoms. The molecule has 1 saturated heterocycles. The number of hydrogen-bond acceptors (Lipinski definition) is 3. The summed E-state index contributed by atoms with van der Waals surface area (Å²) in [5.41, 5.74) is 3.95. The highest BCUT2D eigenvalue weighted by Crippen LogP contribution is 2.29. The van der Waals surface area contributed by atoms with E-state index in [1.807, 2.05) is 42.4 Å². The molecule has 3 heterocycles. The summed E-state index contributed by atoms with van der Waals surface area (Å²) in [5, 5.41) is 1.05. The molecular weight excluding hydrogens is 324 g/mol. The number of amides is 1. The SMILES string of the molecule is CCn1cc(C(=O)N2CCC(c3cncc(C)n3)CC2)c2ccccc21. The quantitative estimate of drug-likeness (QED) is 0.724. The van der Waals surface area contributed by atoms with Gasteiger partial charge in [-0.05, 0) is 32.8 Å². The summed E-state index contributed by atoms with van der Waals surface area (Å²) in [6.07, 6.45) is 7.54. The number of likely N-dealkylation sites (tertiary alicyclic amines) is 1. The van der Waals surface area contributed by atoms with Crippen LogP contribution in [0.5, 0.6) is 0 Å². The van der Waals surface area contributed by atoms with Crippen LogP contribution in [0.3, 0.4) is 0 Å². The maximum atomic E-state index is 13.1. The van der Waals surface area contributed by atoms with Crippen molar-refractivity contribution in [1.82, 2.24) is 19.4 Å². The molecule has 2 aromatic heterocycles. The van der Waals surface area contributed by atoms with Crippen molar-refractivity contribution in [2.75, 3.05) is 13.1 Å². The average Bonchev–Trinajstić information content (AvgIpc) is 3.06. The Labute approximate surface area is 153 Å². The molecule has 134 valence electrons. The third-order valence-electron chi connectivity index (χ3n) is 5.33. The zero-order valence-corrected chi connectivity index (χ0v) is 15.4. The molecule has 26 heavy (non-hydrogen) atoms. The highest BCUT2D eigenvalue weighted by molar-refractivity contribution is 6.07. The van der Waals surface area contributed by atoms with Crippen LogP contribution in [0.2, 0.25) is 0 Å². The van der Waals surface area contributed by atoms with Crippen LogP contribution >= 0.6 is 0 Å². The minimum absolute atomic E-state index is 0.141. The normalized spacial score (nSPS) is 15.5. The second kappa shape index (κ2) is 6.90. The van der Waals surface area contributed by atoms with Crippen LogP contribution in [-0.4, -0.2) is 38.4 Å². The predicted molar refractivity (Wildman–Crippen MR) is 102 cm³/mol. The molecule has 4 rings (SSSR count). The number of para-hydroxylation sites is 1. The zero-order valence-electron chi connectivity index (χ0n) is 15.4. The fraction of sp³-hybridized carbons (Fsp3) is 0.381. The largest absolute Gasteiger partial charge is 0.347 e. The minimum atomic E-state index is 0.141. The van der Waals surface area contributed by atoms with Gasteiger partial charge in [0.05, 0.1) is 17.0 Å². The summed E-state index contributed by atoms with van der Waals surface area (Å²) in [7, 11) is 0. The predicted octanol–water partition coefficient (Wildman–Crippen LogP) is 3.78. The van der Waals surface area contributed by atoms with Gasteiger partial charge >= 0.3 is 0 Å². The summed E-state index contributed by atoms with van der Waals surface area (Å²) in [6, 6.07) is 8.15. The Kier molecular flexibility index (Phi) is 4.45. The lowest BCUT2D eigenvalue weighted by molar-refractivity contribution is 0.0713. The van der Waals surface area contributed by atoms with Crippen molar-refractivity contribution in [3.8, 4) is 0 Å². The number of piperidine rings is 1. The number of aromatic nitrogens is 3. The number of benzene rings is 1. The molecule has 1 aliphatic rings. The molecule has 1 aromatic carbocycles. The molecule has 5 nitrogen and oxygen atoms in total. The lowest BCUT2D eigenvalue weighted by Crippen LogP contribution is -2.38. The third kappa shape index (κ3) is 2.98. The van der Waals surface area contributed by atoms with E-state index in [1.54, 1.807) is 6.20 Å². The first kappa shape index (κ1) is 16.8. The fourth-order valence-corrected chi connectivity index (χ4v) is 3.91. The molecule has 0 unspecified atom stereocenters. The van der Waals surface area contributed by atoms with Gasteiger partial charge in [-0.15, -0.1) is 0 Å². The van der Waals surface area contributed by atoms with Gasteiger partial charge in [-0.3, -0.25) is 14.8 Å². The first-order valence-corrected chi connectivity index (χ1v) is 9.33. The summed E-state index contributed by atoms with van der Waals surface area (Å²) in [6.45, 7) is 6.48. The molecule has 0 spiro atoms. The van der Waals surface area contributed by atoms with Gasteiger partial charge in [-0.25, -0.2) is 0 Å². The Balaban J connectivity index is 1.52. The number of rotatable bonds is 3. The second-order valence-corrected chi connectivity index (χ2v) is 7.00. The maximum Gasteiger partial charge on any atom is 0.256 e. The Hall–Kier alpha value is -2.69. The Morgan fingerprint density at radius 2 is 1.96 bits per heavy atom. The first-order chi connectivity index (χ1) is 12.7. The van der Waals surface area contributed by atoms with E-state index in [1.165, 1.54) is 0 Å². The molecule has 1 aliphatic heterocycles. The van der Waals surface area contributed by atoms with Crippen LogP contribution in [0.1, 0.15) is 47.4 Å². The standard InChI is InChI=1S/C21H24N4O/c1-3-24-14-18(17-6-4-5-7-20(17)24)21(26)25-10-8-16(9-11-25)19-13-22-12-15(2)23-19/h4-7,12-14,16H,3,8-11H2,1-2H3. The molecule has 1 amide bonds. The van der Waals surface area contributed by atoms with Gasteiger partial charge in [0.25, 0.3) is 5.91 Å². The van der Waals surface area contributed by atoms with Gasteiger partial charge in [0.2, 0.25) is 0 Å². The van der Waals surface area contributed by atoms with Crippen molar-refractivity contribution in [2.45, 2.75) is 39.2 Å². The summed E-state index contributed by atoms with van der Waals surface area (Å²) in [4.78, 5) is 24.0. The fourth-order valence-electron chi connectivity index (χ4n) is 3.91. The van der Waals surface area contributed by atoms with E-state index in [-0.39, 0.29) is 5.91 Å². The summed E-state index contributed by atoms with van der Waals surface area (Å²) >= 11 is 0. The minimum Gasteiger partial charge on any atom is -0.347 e. The highest BCUT2D eigenvalue weighted by atomic mass is 16.2. The van der Waals surface area contributed by atoms with E-state index in [4.69, 9.17) is 0 Å². The van der Waals surface area contributed by atoms with E-state index in [2.05, 4.69) is 27.5 Å². The van der Waals surface area contributed by atoms with Gasteiger partial charge in [0, 0.05) is 55.0 Å². The second-order valence-electron chi connectivity index (χ2n) is 7.00. The van der Waals surface area contributed by atoms with Crippen molar-refractivity contribution in [1.29, 1.82) is 0 Å². The molecule has 0 N–H and O–H groups in total. The van der Waals surface area contributed by atoms with Crippen LogP contribution in [0.25, 0.3) is 10.9 Å². The molecule has 1 fully saturated rings. The van der Waals surface area contributed by atoms with E-state index >= 15 is 0 Å². The topological polar surface area (TPSA) is 51.0 Å². The van der Waals surface area contributed by atoms with Crippen molar-refractivity contribution >= 4 is 16.8 Å².